The summed E-state index contributed by atoms with van der Waals surface area (Å²) in [6.45, 7) is 0. The molecule has 0 aliphatic heterocycles. The van der Waals surface area contributed by atoms with Gasteiger partial charge in [-0.05, 0) is 315 Å². The van der Waals surface area contributed by atoms with E-state index in [0.29, 0.717) is 0 Å². The van der Waals surface area contributed by atoms with Gasteiger partial charge in [-0.3, -0.25) is 0 Å². The van der Waals surface area contributed by atoms with E-state index in [1.807, 2.05) is 0 Å². The molecule has 0 aliphatic carbocycles. The van der Waals surface area contributed by atoms with Gasteiger partial charge in [-0.1, -0.05) is 370 Å². The standard InChI is InChI=1S/2C70H47N3/c1-4-18-51(19-5-1)71(52-20-6-2-7-21-52)54-38-40-56(41-39-54)72(55-36-32-48(33-37-55)49-34-42-63-61-27-11-10-25-59(61)60-26-12-13-28-62(60)66(63)46-49)69-45-43-57(58-24-14-15-29-64(58)69)50-35-44-70-67(47-50)65-30-16-17-31-68(65)73(70)53-22-8-3-9-23-53;1-4-18-52(19-5-1)71(53-20-6-2-7-21-53)68-44-45-69(63-29-15-14-28-62(63)68)72(55-38-32-48(33-39-55)50-36-42-61-59-26-11-10-24-57(59)58-25-12-13-27-60(58)65(61)46-50)56-40-34-49(35-41-56)51-37-43-70-66(47-51)64-30-16-17-31-67(64)73(70)54-22-8-3-9-23-54/h2*1-47H. The van der Waals surface area contributed by atoms with Crippen molar-refractivity contribution in [3.8, 4) is 55.9 Å². The number of anilines is 12. The van der Waals surface area contributed by atoms with Crippen molar-refractivity contribution in [2.75, 3.05) is 19.6 Å². The van der Waals surface area contributed by atoms with Gasteiger partial charge in [0.1, 0.15) is 0 Å². The Labute approximate surface area is 846 Å². The van der Waals surface area contributed by atoms with Crippen LogP contribution >= 0.6 is 0 Å². The number of rotatable bonds is 18. The third kappa shape index (κ3) is 15.1. The van der Waals surface area contributed by atoms with Crippen molar-refractivity contribution in [2.45, 2.75) is 0 Å². The van der Waals surface area contributed by atoms with Gasteiger partial charge in [0, 0.05) is 100 Å². The first-order chi connectivity index (χ1) is 72.5. The van der Waals surface area contributed by atoms with Crippen molar-refractivity contribution in [3.63, 3.8) is 0 Å². The Balaban J connectivity index is 0.000000145. The lowest BCUT2D eigenvalue weighted by Crippen LogP contribution is -2.13. The zero-order valence-corrected chi connectivity index (χ0v) is 80.0. The molecule has 0 saturated heterocycles. The highest BCUT2D eigenvalue weighted by Gasteiger charge is 2.27. The fourth-order valence-electron chi connectivity index (χ4n) is 22.8. The van der Waals surface area contributed by atoms with Gasteiger partial charge in [0.05, 0.1) is 39.1 Å². The summed E-state index contributed by atoms with van der Waals surface area (Å²) in [6.07, 6.45) is 0. The summed E-state index contributed by atoms with van der Waals surface area (Å²) in [4.78, 5) is 9.53. The Kier molecular flexibility index (Phi) is 21.5. The van der Waals surface area contributed by atoms with Gasteiger partial charge in [-0.25, -0.2) is 0 Å². The summed E-state index contributed by atoms with van der Waals surface area (Å²) < 4.78 is 4.76. The molecule has 6 heteroatoms. The molecule has 2 aromatic heterocycles. The van der Waals surface area contributed by atoms with Gasteiger partial charge in [0.2, 0.25) is 0 Å². The van der Waals surface area contributed by atoms with Crippen LogP contribution < -0.4 is 19.6 Å². The van der Waals surface area contributed by atoms with Crippen molar-refractivity contribution in [1.29, 1.82) is 0 Å². The lowest BCUT2D eigenvalue weighted by atomic mass is 9.92. The second kappa shape index (κ2) is 36.7. The van der Waals surface area contributed by atoms with Crippen molar-refractivity contribution < 1.29 is 0 Å². The molecule has 0 saturated carbocycles. The molecule has 2 heterocycles. The molecule has 0 N–H and O–H groups in total. The molecule has 0 aliphatic rings. The number of para-hydroxylation sites is 8. The molecule has 26 aromatic carbocycles. The Bertz CT molecular complexity index is 9490. The van der Waals surface area contributed by atoms with Crippen LogP contribution in [0.25, 0.3) is 186 Å². The van der Waals surface area contributed by atoms with E-state index in [1.165, 1.54) is 158 Å². The average molecular weight is 1860 g/mol. The van der Waals surface area contributed by atoms with Crippen molar-refractivity contribution in [3.05, 3.63) is 570 Å². The fourth-order valence-corrected chi connectivity index (χ4v) is 22.8. The third-order valence-electron chi connectivity index (χ3n) is 29.5. The molecule has 0 amide bonds. The van der Waals surface area contributed by atoms with E-state index in [2.05, 4.69) is 599 Å². The van der Waals surface area contributed by atoms with E-state index in [9.17, 15) is 0 Å². The molecular formula is C140H94N6. The predicted octanol–water partition coefficient (Wildman–Crippen LogP) is 39.3. The largest absolute Gasteiger partial charge is 0.311 e. The highest BCUT2D eigenvalue weighted by molar-refractivity contribution is 6.28. The minimum atomic E-state index is 1.06. The molecule has 0 spiro atoms. The number of hydrogen-bond donors (Lipinski definition) is 0. The summed E-state index contributed by atoms with van der Waals surface area (Å²) >= 11 is 0. The molecule has 0 fully saturated rings. The minimum Gasteiger partial charge on any atom is -0.311 e. The SMILES string of the molecule is c1ccc(N(c2ccccc2)c2ccc(N(c3ccc(-c4ccc5c6ccccc6c6ccccc6c5c4)cc3)c3ccc(-c4ccc5c(c4)c4ccccc4n5-c4ccccc4)c4ccccc34)cc2)cc1.c1ccc(N(c2ccccc2)c2ccc(N(c3ccc(-c4ccc5c6ccccc6c6ccccc6c5c4)cc3)c3ccc(-c4ccc5c(c4)c4ccccc4n5-c4ccccc4)cc3)c3ccccc23)cc1. The van der Waals surface area contributed by atoms with Gasteiger partial charge in [-0.15, -0.1) is 0 Å². The van der Waals surface area contributed by atoms with E-state index in [0.717, 1.165) is 96.0 Å². The van der Waals surface area contributed by atoms with Crippen LogP contribution in [0.4, 0.5) is 68.2 Å². The van der Waals surface area contributed by atoms with Gasteiger partial charge >= 0.3 is 0 Å². The monoisotopic (exact) mass is 1860 g/mol. The third-order valence-corrected chi connectivity index (χ3v) is 29.5. The summed E-state index contributed by atoms with van der Waals surface area (Å²) in [5.74, 6) is 0. The maximum Gasteiger partial charge on any atom is 0.0541 e. The molecular weight excluding hydrogens is 1770 g/mol. The molecule has 0 bridgehead atoms. The highest BCUT2D eigenvalue weighted by atomic mass is 15.2. The van der Waals surface area contributed by atoms with Crippen LogP contribution in [-0.2, 0) is 0 Å². The Morgan fingerprint density at radius 2 is 0.315 bits per heavy atom. The second-order valence-corrected chi connectivity index (χ2v) is 37.7. The van der Waals surface area contributed by atoms with Crippen LogP contribution in [0.15, 0.2) is 570 Å². The maximum absolute atomic E-state index is 2.42. The van der Waals surface area contributed by atoms with Crippen LogP contribution in [0.3, 0.4) is 0 Å². The van der Waals surface area contributed by atoms with Crippen molar-refractivity contribution in [1.82, 2.24) is 9.13 Å². The van der Waals surface area contributed by atoms with E-state index in [4.69, 9.17) is 0 Å². The number of fused-ring (bicyclic) bond motifs is 20. The van der Waals surface area contributed by atoms with Crippen LogP contribution in [0.2, 0.25) is 0 Å². The van der Waals surface area contributed by atoms with Gasteiger partial charge < -0.3 is 28.7 Å². The van der Waals surface area contributed by atoms with E-state index < -0.39 is 0 Å². The zero-order valence-electron chi connectivity index (χ0n) is 80.0. The first-order valence-corrected chi connectivity index (χ1v) is 50.2. The Hall–Kier alpha value is -19.4. The molecule has 28 aromatic rings. The first-order valence-electron chi connectivity index (χ1n) is 50.2. The molecule has 28 rings (SSSR count). The summed E-state index contributed by atoms with van der Waals surface area (Å²) in [6, 6.07) is 208. The molecule has 0 unspecified atom stereocenters. The van der Waals surface area contributed by atoms with Crippen molar-refractivity contribution >= 4 is 198 Å². The van der Waals surface area contributed by atoms with Gasteiger partial charge in [-0.2, -0.15) is 0 Å². The molecule has 6 nitrogen and oxygen atoms in total. The van der Waals surface area contributed by atoms with E-state index in [1.54, 1.807) is 0 Å². The number of hydrogen-bond acceptors (Lipinski definition) is 4. The first kappa shape index (κ1) is 85.8. The fraction of sp³-hybridized carbons (Fsp3) is 0. The Morgan fingerprint density at radius 1 is 0.110 bits per heavy atom. The Morgan fingerprint density at radius 3 is 0.658 bits per heavy atom. The number of benzene rings is 26. The van der Waals surface area contributed by atoms with Crippen LogP contribution in [-0.4, -0.2) is 9.13 Å². The summed E-state index contributed by atoms with van der Waals surface area (Å²) in [7, 11) is 0. The topological polar surface area (TPSA) is 22.8 Å². The van der Waals surface area contributed by atoms with Crippen LogP contribution in [0.5, 0.6) is 0 Å². The highest BCUT2D eigenvalue weighted by Crippen LogP contribution is 2.51. The number of nitrogens with zero attached hydrogens (tertiary/aromatic N) is 6. The van der Waals surface area contributed by atoms with Gasteiger partial charge in [0.15, 0.2) is 0 Å². The normalized spacial score (nSPS) is 11.6. The minimum absolute atomic E-state index is 1.06. The molecule has 0 radical (unpaired) electrons. The zero-order chi connectivity index (χ0) is 96.5. The summed E-state index contributed by atoms with van der Waals surface area (Å²) in [5.41, 5.74) is 29.7. The van der Waals surface area contributed by atoms with Crippen LogP contribution in [0.1, 0.15) is 0 Å². The van der Waals surface area contributed by atoms with Crippen LogP contribution in [0, 0.1) is 0 Å². The van der Waals surface area contributed by atoms with E-state index in [-0.39, 0.29) is 0 Å². The molecule has 684 valence electrons. The quantitative estimate of drug-likeness (QED) is 0.0799. The van der Waals surface area contributed by atoms with Gasteiger partial charge in [0.25, 0.3) is 0 Å². The smallest absolute Gasteiger partial charge is 0.0541 e. The second-order valence-electron chi connectivity index (χ2n) is 37.7. The predicted molar refractivity (Wildman–Crippen MR) is 622 cm³/mol. The molecule has 0 atom stereocenters. The lowest BCUT2D eigenvalue weighted by Gasteiger charge is -2.30. The lowest BCUT2D eigenvalue weighted by molar-refractivity contribution is 1.18. The maximum atomic E-state index is 2.42. The summed E-state index contributed by atoms with van der Waals surface area (Å²) in [5, 5.41) is 25.0. The molecule has 146 heavy (non-hydrogen) atoms. The van der Waals surface area contributed by atoms with Crippen molar-refractivity contribution in [2.24, 2.45) is 0 Å². The number of aromatic nitrogens is 2. The average Bonchev–Trinajstić information content (AvgIpc) is 1.44. The van der Waals surface area contributed by atoms with E-state index >= 15 is 0 Å².